The molecule has 0 spiro atoms. The maximum absolute atomic E-state index is 12.6. The number of nitrogens with zero attached hydrogens (tertiary/aromatic N) is 3. The summed E-state index contributed by atoms with van der Waals surface area (Å²) in [5.74, 6) is 0.0386. The number of rotatable bonds is 4. The SMILES string of the molecule is COC(=O)c1ccc2c(c1)nc(Nc1nc3ccc(SC(F)(F)F)cc3s1)n2C. The standard InChI is InChI=1S/C18H13F3N4O2S2/c1-25-13-6-3-9(15(26)27-2)7-12(13)22-16(25)24-17-23-11-5-4-10(8-14(11)28-17)29-18(19,20)21/h3-8H,1-2H3,(H,22,23,24). The minimum atomic E-state index is -4.34. The Morgan fingerprint density at radius 2 is 1.97 bits per heavy atom. The summed E-state index contributed by atoms with van der Waals surface area (Å²) in [5.41, 5.74) is -1.96. The minimum Gasteiger partial charge on any atom is -0.465 e. The van der Waals surface area contributed by atoms with Gasteiger partial charge in [0.15, 0.2) is 5.13 Å². The second kappa shape index (κ2) is 7.23. The highest BCUT2D eigenvalue weighted by Crippen LogP contribution is 2.39. The van der Waals surface area contributed by atoms with Crippen molar-refractivity contribution in [2.75, 3.05) is 12.4 Å². The first-order chi connectivity index (χ1) is 13.7. The summed E-state index contributed by atoms with van der Waals surface area (Å²) in [6.45, 7) is 0. The Morgan fingerprint density at radius 3 is 2.69 bits per heavy atom. The summed E-state index contributed by atoms with van der Waals surface area (Å²) in [6, 6.07) is 9.46. The van der Waals surface area contributed by atoms with Gasteiger partial charge in [0, 0.05) is 11.9 Å². The quantitative estimate of drug-likeness (QED) is 0.343. The van der Waals surface area contributed by atoms with Crippen LogP contribution in [0.3, 0.4) is 0 Å². The summed E-state index contributed by atoms with van der Waals surface area (Å²) in [4.78, 5) is 20.7. The number of benzene rings is 2. The van der Waals surface area contributed by atoms with Gasteiger partial charge >= 0.3 is 11.5 Å². The lowest BCUT2D eigenvalue weighted by molar-refractivity contribution is -0.0328. The molecule has 2 heterocycles. The molecule has 0 unspecified atom stereocenters. The molecule has 4 aromatic rings. The van der Waals surface area contributed by atoms with E-state index in [4.69, 9.17) is 4.74 Å². The molecule has 29 heavy (non-hydrogen) atoms. The Morgan fingerprint density at radius 1 is 1.17 bits per heavy atom. The molecule has 11 heteroatoms. The molecule has 0 bridgehead atoms. The Hall–Kier alpha value is -2.79. The number of nitrogens with one attached hydrogen (secondary N) is 1. The number of ether oxygens (including phenoxy) is 1. The largest absolute Gasteiger partial charge is 0.465 e. The molecule has 0 atom stereocenters. The zero-order chi connectivity index (χ0) is 20.8. The van der Waals surface area contributed by atoms with Crippen LogP contribution >= 0.6 is 23.1 Å². The molecule has 4 rings (SSSR count). The van der Waals surface area contributed by atoms with Crippen molar-refractivity contribution in [3.8, 4) is 0 Å². The zero-order valence-electron chi connectivity index (χ0n) is 15.1. The van der Waals surface area contributed by atoms with Gasteiger partial charge in [0.1, 0.15) is 0 Å². The van der Waals surface area contributed by atoms with Crippen LogP contribution in [0, 0.1) is 0 Å². The molecule has 0 aliphatic rings. The number of esters is 1. The predicted molar refractivity (Wildman–Crippen MR) is 107 cm³/mol. The van der Waals surface area contributed by atoms with Crippen LogP contribution in [0.5, 0.6) is 0 Å². The molecule has 150 valence electrons. The number of hydrogen-bond acceptors (Lipinski definition) is 7. The van der Waals surface area contributed by atoms with Gasteiger partial charge in [-0.05, 0) is 48.2 Å². The van der Waals surface area contributed by atoms with Gasteiger partial charge in [-0.25, -0.2) is 14.8 Å². The number of carbonyl (C=O) groups is 1. The van der Waals surface area contributed by atoms with E-state index >= 15 is 0 Å². The number of alkyl halides is 3. The normalized spacial score (nSPS) is 11.9. The number of hydrogen-bond donors (Lipinski definition) is 1. The van der Waals surface area contributed by atoms with Crippen LogP contribution in [0.2, 0.25) is 0 Å². The number of anilines is 2. The minimum absolute atomic E-state index is 0.110. The van der Waals surface area contributed by atoms with Gasteiger partial charge in [-0.2, -0.15) is 13.2 Å². The lowest BCUT2D eigenvalue weighted by atomic mass is 10.2. The van der Waals surface area contributed by atoms with Gasteiger partial charge < -0.3 is 14.6 Å². The van der Waals surface area contributed by atoms with Crippen molar-refractivity contribution >= 4 is 61.4 Å². The maximum atomic E-state index is 12.6. The third kappa shape index (κ3) is 4.01. The van der Waals surface area contributed by atoms with E-state index in [0.717, 1.165) is 5.52 Å². The highest BCUT2D eigenvalue weighted by atomic mass is 32.2. The van der Waals surface area contributed by atoms with Gasteiger partial charge in [0.25, 0.3) is 0 Å². The van der Waals surface area contributed by atoms with Crippen molar-refractivity contribution < 1.29 is 22.7 Å². The van der Waals surface area contributed by atoms with Crippen molar-refractivity contribution in [2.45, 2.75) is 10.4 Å². The van der Waals surface area contributed by atoms with Crippen LogP contribution in [0.1, 0.15) is 10.4 Å². The number of aryl methyl sites for hydroxylation is 1. The highest BCUT2D eigenvalue weighted by molar-refractivity contribution is 8.00. The summed E-state index contributed by atoms with van der Waals surface area (Å²) >= 11 is 1.08. The third-order valence-electron chi connectivity index (χ3n) is 4.11. The molecule has 6 nitrogen and oxygen atoms in total. The molecule has 0 aliphatic heterocycles. The summed E-state index contributed by atoms with van der Waals surface area (Å²) in [6.07, 6.45) is 0. The van der Waals surface area contributed by atoms with Gasteiger partial charge in [0.05, 0.1) is 33.9 Å². The van der Waals surface area contributed by atoms with Crippen LogP contribution < -0.4 is 5.32 Å². The van der Waals surface area contributed by atoms with E-state index in [9.17, 15) is 18.0 Å². The number of aromatic nitrogens is 3. The fourth-order valence-electron chi connectivity index (χ4n) is 2.81. The molecule has 0 aliphatic carbocycles. The number of thioether (sulfide) groups is 1. The van der Waals surface area contributed by atoms with Crippen LogP contribution in [0.4, 0.5) is 24.3 Å². The first-order valence-electron chi connectivity index (χ1n) is 8.21. The molecule has 0 fully saturated rings. The number of carbonyl (C=O) groups excluding carboxylic acids is 1. The highest BCUT2D eigenvalue weighted by Gasteiger charge is 2.29. The van der Waals surface area contributed by atoms with Crippen molar-refractivity contribution in [1.29, 1.82) is 0 Å². The zero-order valence-corrected chi connectivity index (χ0v) is 16.7. The summed E-state index contributed by atoms with van der Waals surface area (Å²) in [7, 11) is 3.12. The summed E-state index contributed by atoms with van der Waals surface area (Å²) in [5, 5.41) is 3.60. The van der Waals surface area contributed by atoms with Crippen molar-refractivity contribution in [2.24, 2.45) is 7.05 Å². The molecule has 0 saturated carbocycles. The van der Waals surface area contributed by atoms with Gasteiger partial charge in [-0.3, -0.25) is 0 Å². The molecule has 1 N–H and O–H groups in total. The Bertz CT molecular complexity index is 1230. The van der Waals surface area contributed by atoms with E-state index in [-0.39, 0.29) is 16.7 Å². The first-order valence-corrected chi connectivity index (χ1v) is 9.85. The lowest BCUT2D eigenvalue weighted by Gasteiger charge is -2.04. The monoisotopic (exact) mass is 438 g/mol. The molecule has 0 radical (unpaired) electrons. The predicted octanol–water partition coefficient (Wildman–Crippen LogP) is 5.33. The fraction of sp³-hybridized carbons (Fsp3) is 0.167. The molecular formula is C18H13F3N4O2S2. The second-order valence-electron chi connectivity index (χ2n) is 6.01. The summed E-state index contributed by atoms with van der Waals surface area (Å²) < 4.78 is 44.9. The van der Waals surface area contributed by atoms with E-state index in [1.165, 1.54) is 30.6 Å². The number of halogens is 3. The second-order valence-corrected chi connectivity index (χ2v) is 8.18. The van der Waals surface area contributed by atoms with Gasteiger partial charge in [-0.1, -0.05) is 11.3 Å². The Kier molecular flexibility index (Phi) is 4.87. The smallest absolute Gasteiger partial charge is 0.446 e. The fourth-order valence-corrected chi connectivity index (χ4v) is 4.36. The van der Waals surface area contributed by atoms with Crippen LogP contribution in [0.25, 0.3) is 21.3 Å². The molecule has 2 aromatic carbocycles. The van der Waals surface area contributed by atoms with Crippen molar-refractivity contribution in [1.82, 2.24) is 14.5 Å². The van der Waals surface area contributed by atoms with Gasteiger partial charge in [-0.15, -0.1) is 0 Å². The molecular weight excluding hydrogens is 425 g/mol. The number of methoxy groups -OCH3 is 1. The van der Waals surface area contributed by atoms with Crippen LogP contribution in [-0.4, -0.2) is 33.1 Å². The van der Waals surface area contributed by atoms with E-state index in [2.05, 4.69) is 15.3 Å². The topological polar surface area (TPSA) is 69.0 Å². The third-order valence-corrected chi connectivity index (χ3v) is 5.77. The van der Waals surface area contributed by atoms with Crippen molar-refractivity contribution in [3.63, 3.8) is 0 Å². The average Bonchev–Trinajstić information content (AvgIpc) is 3.19. The van der Waals surface area contributed by atoms with E-state index in [1.54, 1.807) is 35.9 Å². The van der Waals surface area contributed by atoms with Crippen molar-refractivity contribution in [3.05, 3.63) is 42.0 Å². The van der Waals surface area contributed by atoms with Crippen LogP contribution in [-0.2, 0) is 11.8 Å². The first kappa shape index (κ1) is 19.5. The van der Waals surface area contributed by atoms with Crippen LogP contribution in [0.15, 0.2) is 41.3 Å². The lowest BCUT2D eigenvalue weighted by Crippen LogP contribution is -2.00. The van der Waals surface area contributed by atoms with E-state index in [1.807, 2.05) is 0 Å². The average molecular weight is 438 g/mol. The molecule has 2 aromatic heterocycles. The number of imidazole rings is 1. The van der Waals surface area contributed by atoms with E-state index < -0.39 is 11.5 Å². The Labute approximate surface area is 170 Å². The Balaban J connectivity index is 1.64. The maximum Gasteiger partial charge on any atom is 0.446 e. The molecule has 0 saturated heterocycles. The number of fused-ring (bicyclic) bond motifs is 2. The molecule has 0 amide bonds. The van der Waals surface area contributed by atoms with E-state index in [0.29, 0.717) is 32.4 Å². The van der Waals surface area contributed by atoms with Gasteiger partial charge in [0.2, 0.25) is 5.95 Å². The number of thiazole rings is 1.